The van der Waals surface area contributed by atoms with Gasteiger partial charge in [-0.25, -0.2) is 0 Å². The van der Waals surface area contributed by atoms with E-state index in [0.717, 1.165) is 2.88 Å². The monoisotopic (exact) mass is 240 g/mol. The summed E-state index contributed by atoms with van der Waals surface area (Å²) in [5.74, 6) is 0. The maximum Gasteiger partial charge on any atom is 0.193 e. The van der Waals surface area contributed by atoms with Gasteiger partial charge in [-0.15, -0.1) is 11.3 Å². The maximum absolute atomic E-state index is 10.3. The fourth-order valence-corrected chi connectivity index (χ4v) is 2.70. The zero-order valence-electron chi connectivity index (χ0n) is 4.35. The summed E-state index contributed by atoms with van der Waals surface area (Å²) in [5, 5.41) is 0. The van der Waals surface area contributed by atoms with Crippen LogP contribution in [0.15, 0.2) is 12.1 Å². The molecule has 44 valence electrons. The molecule has 0 aliphatic carbocycles. The third-order valence-electron chi connectivity index (χ3n) is 0.784. The normalized spacial score (nSPS) is 9.62. The van der Waals surface area contributed by atoms with Gasteiger partial charge in [-0.05, 0) is 19.1 Å². The second-order valence-corrected chi connectivity index (χ2v) is 5.05. The highest BCUT2D eigenvalue weighted by Gasteiger charge is 1.91. The van der Waals surface area contributed by atoms with Crippen LogP contribution in [0.25, 0.3) is 0 Å². The number of hydrogen-bond acceptors (Lipinski definition) is 2. The molecule has 0 radical (unpaired) electrons. The highest BCUT2D eigenvalue weighted by atomic mass is 127. The zero-order valence-corrected chi connectivity index (χ0v) is 7.32. The van der Waals surface area contributed by atoms with Gasteiger partial charge in [0.05, 0.1) is 2.88 Å². The minimum absolute atomic E-state index is 0.901. The Hall–Kier alpha value is 0.230. The lowest BCUT2D eigenvalue weighted by Crippen LogP contribution is -1.44. The molecule has 0 bridgehead atoms. The molecule has 0 unspecified atom stereocenters. The molecule has 3 heteroatoms. The topological polar surface area (TPSA) is 17.1 Å². The molecule has 0 aliphatic rings. The molecule has 1 nitrogen and oxygen atoms in total. The van der Waals surface area contributed by atoms with Crippen molar-refractivity contribution in [3.8, 4) is 0 Å². The van der Waals surface area contributed by atoms with Crippen LogP contribution in [0.1, 0.15) is 4.88 Å². The summed E-state index contributed by atoms with van der Waals surface area (Å²) in [7, 11) is 0. The summed E-state index contributed by atoms with van der Waals surface area (Å²) in [6.45, 7) is 2.02. The van der Waals surface area contributed by atoms with Gasteiger partial charge in [0.25, 0.3) is 0 Å². The zero-order chi connectivity index (χ0) is 5.98. The fraction of sp³-hybridized carbons (Fsp3) is 0.200. The second-order valence-electron chi connectivity index (χ2n) is 1.43. The summed E-state index contributed by atoms with van der Waals surface area (Å²) in [6, 6.07) is 3.93. The third kappa shape index (κ3) is 1.35. The van der Waals surface area contributed by atoms with Gasteiger partial charge in [0.15, 0.2) is 21.2 Å². The van der Waals surface area contributed by atoms with E-state index in [9.17, 15) is 3.07 Å². The minimum Gasteiger partial charge on any atom is -0.264 e. The molecular formula is C5H5IOS. The van der Waals surface area contributed by atoms with E-state index in [1.54, 1.807) is 11.3 Å². The van der Waals surface area contributed by atoms with Crippen LogP contribution >= 0.6 is 32.5 Å². The maximum atomic E-state index is 10.3. The van der Waals surface area contributed by atoms with Crippen molar-refractivity contribution >= 4 is 32.5 Å². The molecule has 0 aromatic carbocycles. The molecule has 1 rings (SSSR count). The summed E-state index contributed by atoms with van der Waals surface area (Å²) in [5.41, 5.74) is 0. The van der Waals surface area contributed by atoms with Crippen LogP contribution in [0.5, 0.6) is 0 Å². The van der Waals surface area contributed by atoms with Crippen LogP contribution in [0.4, 0.5) is 0 Å². The van der Waals surface area contributed by atoms with Crippen molar-refractivity contribution in [2.45, 2.75) is 6.92 Å². The van der Waals surface area contributed by atoms with Crippen molar-refractivity contribution in [1.29, 1.82) is 0 Å². The van der Waals surface area contributed by atoms with Crippen molar-refractivity contribution in [1.82, 2.24) is 0 Å². The molecule has 1 aromatic rings. The Morgan fingerprint density at radius 3 is 2.62 bits per heavy atom. The van der Waals surface area contributed by atoms with Crippen molar-refractivity contribution in [2.75, 3.05) is 0 Å². The first-order chi connectivity index (χ1) is 3.83. The van der Waals surface area contributed by atoms with Gasteiger partial charge < -0.3 is 0 Å². The molecule has 0 N–H and O–H groups in total. The van der Waals surface area contributed by atoms with Crippen LogP contribution in [0.2, 0.25) is 0 Å². The average Bonchev–Trinajstić information content (AvgIpc) is 2.14. The van der Waals surface area contributed by atoms with Crippen LogP contribution in [-0.4, -0.2) is 0 Å². The minimum atomic E-state index is -0.901. The Labute approximate surface area is 62.4 Å². The van der Waals surface area contributed by atoms with Crippen LogP contribution in [0, 0.1) is 9.81 Å². The Morgan fingerprint density at radius 1 is 1.62 bits per heavy atom. The molecular weight excluding hydrogens is 235 g/mol. The molecule has 1 aromatic heterocycles. The third-order valence-corrected chi connectivity index (χ3v) is 3.45. The predicted molar refractivity (Wildman–Crippen MR) is 42.5 cm³/mol. The first-order valence-corrected chi connectivity index (χ1v) is 4.94. The SMILES string of the molecule is Cc1ccc(I=O)s1. The summed E-state index contributed by atoms with van der Waals surface area (Å²) >= 11 is 0.723. The van der Waals surface area contributed by atoms with Crippen molar-refractivity contribution in [3.05, 3.63) is 19.9 Å². The predicted octanol–water partition coefficient (Wildman–Crippen LogP) is 2.54. The van der Waals surface area contributed by atoms with E-state index in [2.05, 4.69) is 0 Å². The van der Waals surface area contributed by atoms with Gasteiger partial charge in [0.1, 0.15) is 0 Å². The van der Waals surface area contributed by atoms with E-state index in [1.807, 2.05) is 19.1 Å². The van der Waals surface area contributed by atoms with Gasteiger partial charge in [-0.2, -0.15) is 0 Å². The van der Waals surface area contributed by atoms with Crippen molar-refractivity contribution in [2.24, 2.45) is 0 Å². The molecule has 0 amide bonds. The summed E-state index contributed by atoms with van der Waals surface area (Å²) in [4.78, 5) is 1.25. The highest BCUT2D eigenvalue weighted by molar-refractivity contribution is 14.1. The lowest BCUT2D eigenvalue weighted by molar-refractivity contribution is 0.648. The number of hydrogen-bond donors (Lipinski definition) is 0. The number of aryl methyl sites for hydroxylation is 1. The lowest BCUT2D eigenvalue weighted by Gasteiger charge is -1.70. The highest BCUT2D eigenvalue weighted by Crippen LogP contribution is 2.19. The number of rotatable bonds is 1. The van der Waals surface area contributed by atoms with Crippen LogP contribution in [-0.2, 0) is 3.07 Å². The van der Waals surface area contributed by atoms with Gasteiger partial charge in [0, 0.05) is 4.88 Å². The van der Waals surface area contributed by atoms with E-state index in [-0.39, 0.29) is 0 Å². The lowest BCUT2D eigenvalue weighted by atomic mass is 10.5. The standard InChI is InChI=1S/C5H5IOS/c1-4-2-3-5(6-7)8-4/h2-3H,1H3. The smallest absolute Gasteiger partial charge is 0.193 e. The molecule has 0 saturated heterocycles. The molecule has 0 saturated carbocycles. The Morgan fingerprint density at radius 2 is 2.38 bits per heavy atom. The van der Waals surface area contributed by atoms with E-state index in [1.165, 1.54) is 4.88 Å². The van der Waals surface area contributed by atoms with E-state index in [4.69, 9.17) is 0 Å². The number of thiophene rings is 1. The van der Waals surface area contributed by atoms with Crippen molar-refractivity contribution < 1.29 is 3.07 Å². The molecule has 1 heterocycles. The van der Waals surface area contributed by atoms with Gasteiger partial charge in [0.2, 0.25) is 0 Å². The molecule has 8 heavy (non-hydrogen) atoms. The molecule has 0 aliphatic heterocycles. The van der Waals surface area contributed by atoms with E-state index in [0.29, 0.717) is 0 Å². The average molecular weight is 240 g/mol. The molecule has 0 fully saturated rings. The van der Waals surface area contributed by atoms with Crippen molar-refractivity contribution in [3.63, 3.8) is 0 Å². The largest absolute Gasteiger partial charge is 0.264 e. The summed E-state index contributed by atoms with van der Waals surface area (Å²) in [6.07, 6.45) is 0. The van der Waals surface area contributed by atoms with E-state index >= 15 is 0 Å². The quantitative estimate of drug-likeness (QED) is 0.689. The molecule has 0 spiro atoms. The van der Waals surface area contributed by atoms with Crippen LogP contribution < -0.4 is 0 Å². The Bertz CT molecular complexity index is 194. The Kier molecular flexibility index (Phi) is 2.13. The number of halogens is 1. The van der Waals surface area contributed by atoms with Gasteiger partial charge in [-0.3, -0.25) is 3.07 Å². The van der Waals surface area contributed by atoms with Gasteiger partial charge >= 0.3 is 0 Å². The summed E-state index contributed by atoms with van der Waals surface area (Å²) < 4.78 is 11.3. The molecule has 0 atom stereocenters. The van der Waals surface area contributed by atoms with E-state index < -0.39 is 21.2 Å². The van der Waals surface area contributed by atoms with Crippen LogP contribution in [0.3, 0.4) is 0 Å². The first-order valence-electron chi connectivity index (χ1n) is 2.16. The first kappa shape index (κ1) is 6.35. The van der Waals surface area contributed by atoms with Gasteiger partial charge in [-0.1, -0.05) is 0 Å². The Balaban J connectivity index is 3.00. The fourth-order valence-electron chi connectivity index (χ4n) is 0.446. The second kappa shape index (κ2) is 2.68.